The van der Waals surface area contributed by atoms with Gasteiger partial charge in [0.1, 0.15) is 17.9 Å². The Morgan fingerprint density at radius 2 is 1.24 bits per heavy atom. The topological polar surface area (TPSA) is 66.9 Å². The number of halogens is 2. The molecule has 6 nitrogen and oxygen atoms in total. The average Bonchev–Trinajstić information content (AvgIpc) is 2.92. The van der Waals surface area contributed by atoms with Crippen molar-refractivity contribution in [1.29, 1.82) is 0 Å². The zero-order valence-electron chi connectivity index (χ0n) is 19.9. The number of nitrogens with zero attached hydrogens (tertiary/aromatic N) is 2. The fourth-order valence-corrected chi connectivity index (χ4v) is 4.44. The number of barbiturate groups is 1. The van der Waals surface area contributed by atoms with Gasteiger partial charge < -0.3 is 4.74 Å². The highest BCUT2D eigenvalue weighted by Crippen LogP contribution is 2.32. The van der Waals surface area contributed by atoms with E-state index >= 15 is 0 Å². The standard InChI is InChI=1S/C30H20Cl2N2O4/c31-22-9-7-8-20(16-22)19-38-27-15-14-23(32)17-21(27)18-26-28(35)33(24-10-3-1-4-11-24)30(37)34(29(26)36)25-12-5-2-6-13-25/h1-18H,19H2. The van der Waals surface area contributed by atoms with Crippen LogP contribution >= 0.6 is 23.2 Å². The van der Waals surface area contributed by atoms with Gasteiger partial charge in [-0.1, -0.05) is 71.7 Å². The number of rotatable bonds is 6. The van der Waals surface area contributed by atoms with Crippen LogP contribution < -0.4 is 14.5 Å². The summed E-state index contributed by atoms with van der Waals surface area (Å²) in [5, 5.41) is 0.966. The van der Waals surface area contributed by atoms with E-state index in [0.717, 1.165) is 15.4 Å². The smallest absolute Gasteiger partial charge is 0.343 e. The molecule has 8 heteroatoms. The number of urea groups is 1. The van der Waals surface area contributed by atoms with Crippen LogP contribution in [0, 0.1) is 0 Å². The Hall–Kier alpha value is -4.39. The van der Waals surface area contributed by atoms with Gasteiger partial charge in [-0.2, -0.15) is 0 Å². The van der Waals surface area contributed by atoms with Crippen LogP contribution in [-0.4, -0.2) is 17.8 Å². The van der Waals surface area contributed by atoms with Crippen LogP contribution in [0.5, 0.6) is 5.75 Å². The van der Waals surface area contributed by atoms with E-state index in [1.807, 2.05) is 12.1 Å². The predicted molar refractivity (Wildman–Crippen MR) is 148 cm³/mol. The Kier molecular flexibility index (Phi) is 7.26. The molecule has 4 amide bonds. The normalized spacial score (nSPS) is 13.6. The lowest BCUT2D eigenvalue weighted by atomic mass is 10.0. The third-order valence-electron chi connectivity index (χ3n) is 5.83. The SMILES string of the molecule is O=C1C(=Cc2cc(Cl)ccc2OCc2cccc(Cl)c2)C(=O)N(c2ccccc2)C(=O)N1c1ccccc1. The first kappa shape index (κ1) is 25.3. The Labute approximate surface area is 229 Å². The molecule has 188 valence electrons. The van der Waals surface area contributed by atoms with Crippen molar-refractivity contribution in [2.24, 2.45) is 0 Å². The summed E-state index contributed by atoms with van der Waals surface area (Å²) in [7, 11) is 0. The lowest BCUT2D eigenvalue weighted by molar-refractivity contribution is -0.121. The van der Waals surface area contributed by atoms with Crippen molar-refractivity contribution in [3.8, 4) is 5.75 Å². The Balaban J connectivity index is 1.58. The molecule has 1 aliphatic heterocycles. The predicted octanol–water partition coefficient (Wildman–Crippen LogP) is 7.16. The van der Waals surface area contributed by atoms with Gasteiger partial charge >= 0.3 is 6.03 Å². The molecule has 0 spiro atoms. The summed E-state index contributed by atoms with van der Waals surface area (Å²) in [6.45, 7) is 0.199. The first-order valence-electron chi connectivity index (χ1n) is 11.6. The van der Waals surface area contributed by atoms with Gasteiger partial charge in [-0.05, 0) is 66.2 Å². The molecule has 0 saturated carbocycles. The van der Waals surface area contributed by atoms with E-state index < -0.39 is 17.8 Å². The number of amides is 4. The quantitative estimate of drug-likeness (QED) is 0.191. The van der Waals surface area contributed by atoms with Crippen LogP contribution in [0.2, 0.25) is 10.0 Å². The number of para-hydroxylation sites is 2. The van der Waals surface area contributed by atoms with E-state index in [4.69, 9.17) is 27.9 Å². The van der Waals surface area contributed by atoms with Gasteiger partial charge in [-0.15, -0.1) is 0 Å². The van der Waals surface area contributed by atoms with Crippen LogP contribution in [0.1, 0.15) is 11.1 Å². The van der Waals surface area contributed by atoms with E-state index in [1.165, 1.54) is 6.08 Å². The first-order valence-corrected chi connectivity index (χ1v) is 12.4. The van der Waals surface area contributed by atoms with Gasteiger partial charge in [0.2, 0.25) is 0 Å². The fourth-order valence-electron chi connectivity index (χ4n) is 4.05. The molecule has 4 aromatic rings. The van der Waals surface area contributed by atoms with E-state index in [2.05, 4.69) is 0 Å². The maximum Gasteiger partial charge on any atom is 0.343 e. The van der Waals surface area contributed by atoms with Crippen molar-refractivity contribution in [1.82, 2.24) is 0 Å². The maximum atomic E-state index is 13.6. The molecule has 38 heavy (non-hydrogen) atoms. The van der Waals surface area contributed by atoms with Gasteiger partial charge in [0.25, 0.3) is 11.8 Å². The van der Waals surface area contributed by atoms with Crippen LogP contribution in [0.15, 0.2) is 109 Å². The lowest BCUT2D eigenvalue weighted by Crippen LogP contribution is -2.57. The summed E-state index contributed by atoms with van der Waals surface area (Å²) in [5.41, 5.74) is 1.71. The Morgan fingerprint density at radius 1 is 0.658 bits per heavy atom. The van der Waals surface area contributed by atoms with E-state index in [9.17, 15) is 14.4 Å². The third kappa shape index (κ3) is 5.18. The summed E-state index contributed by atoms with van der Waals surface area (Å²) < 4.78 is 6.01. The second-order valence-corrected chi connectivity index (χ2v) is 9.27. The third-order valence-corrected chi connectivity index (χ3v) is 6.30. The largest absolute Gasteiger partial charge is 0.488 e. The molecule has 4 aromatic carbocycles. The molecule has 0 atom stereocenters. The highest BCUT2D eigenvalue weighted by Gasteiger charge is 2.43. The monoisotopic (exact) mass is 542 g/mol. The van der Waals surface area contributed by atoms with Crippen molar-refractivity contribution in [3.05, 3.63) is 130 Å². The number of anilines is 2. The van der Waals surface area contributed by atoms with Crippen molar-refractivity contribution < 1.29 is 19.1 Å². The number of benzene rings is 4. The molecule has 1 aliphatic rings. The molecule has 0 radical (unpaired) electrons. The van der Waals surface area contributed by atoms with E-state index in [0.29, 0.717) is 32.7 Å². The number of ether oxygens (including phenoxy) is 1. The summed E-state index contributed by atoms with van der Waals surface area (Å²) in [4.78, 5) is 42.7. The first-order chi connectivity index (χ1) is 18.4. The summed E-state index contributed by atoms with van der Waals surface area (Å²) in [6.07, 6.45) is 1.40. The number of imide groups is 2. The van der Waals surface area contributed by atoms with Gasteiger partial charge in [-0.25, -0.2) is 14.6 Å². The van der Waals surface area contributed by atoms with Crippen LogP contribution in [0.3, 0.4) is 0 Å². The molecule has 1 fully saturated rings. The fraction of sp³-hybridized carbons (Fsp3) is 0.0333. The minimum Gasteiger partial charge on any atom is -0.488 e. The zero-order chi connectivity index (χ0) is 26.6. The maximum absolute atomic E-state index is 13.6. The molecule has 0 aliphatic carbocycles. The second kappa shape index (κ2) is 10.9. The van der Waals surface area contributed by atoms with E-state index in [-0.39, 0.29) is 12.2 Å². The van der Waals surface area contributed by atoms with Crippen molar-refractivity contribution in [2.75, 3.05) is 9.80 Å². The number of carbonyl (C=O) groups excluding carboxylic acids is 3. The minimum absolute atomic E-state index is 0.199. The molecule has 0 unspecified atom stereocenters. The van der Waals surface area contributed by atoms with Crippen molar-refractivity contribution >= 4 is 58.5 Å². The van der Waals surface area contributed by atoms with E-state index in [1.54, 1.807) is 91.0 Å². The lowest BCUT2D eigenvalue weighted by Gasteiger charge is -2.34. The summed E-state index contributed by atoms with van der Waals surface area (Å²) in [5.74, 6) is -1.10. The van der Waals surface area contributed by atoms with Crippen LogP contribution in [0.4, 0.5) is 16.2 Å². The Morgan fingerprint density at radius 3 is 1.82 bits per heavy atom. The number of hydrogen-bond acceptors (Lipinski definition) is 4. The van der Waals surface area contributed by atoms with Gasteiger partial charge in [-0.3, -0.25) is 9.59 Å². The molecular weight excluding hydrogens is 523 g/mol. The van der Waals surface area contributed by atoms with Crippen LogP contribution in [0.25, 0.3) is 6.08 Å². The van der Waals surface area contributed by atoms with Gasteiger partial charge in [0.05, 0.1) is 11.4 Å². The molecular formula is C30H20Cl2N2O4. The second-order valence-electron chi connectivity index (χ2n) is 8.39. The molecule has 0 bridgehead atoms. The number of carbonyl (C=O) groups is 3. The molecule has 1 saturated heterocycles. The van der Waals surface area contributed by atoms with Gasteiger partial charge in [0.15, 0.2) is 0 Å². The molecule has 5 rings (SSSR count). The minimum atomic E-state index is -0.766. The summed E-state index contributed by atoms with van der Waals surface area (Å²) in [6, 6.07) is 28.3. The van der Waals surface area contributed by atoms with Crippen LogP contribution in [-0.2, 0) is 16.2 Å². The van der Waals surface area contributed by atoms with Gasteiger partial charge in [0, 0.05) is 15.6 Å². The average molecular weight is 543 g/mol. The van der Waals surface area contributed by atoms with Crippen molar-refractivity contribution in [3.63, 3.8) is 0 Å². The Bertz CT molecular complexity index is 1490. The molecule has 0 aromatic heterocycles. The number of hydrogen-bond donors (Lipinski definition) is 0. The highest BCUT2D eigenvalue weighted by atomic mass is 35.5. The molecule has 0 N–H and O–H groups in total. The van der Waals surface area contributed by atoms with Crippen molar-refractivity contribution in [2.45, 2.75) is 6.61 Å². The summed E-state index contributed by atoms with van der Waals surface area (Å²) >= 11 is 12.4. The molecule has 1 heterocycles. The zero-order valence-corrected chi connectivity index (χ0v) is 21.4. The highest BCUT2D eigenvalue weighted by molar-refractivity contribution is 6.46.